The Morgan fingerprint density at radius 1 is 1.10 bits per heavy atom. The summed E-state index contributed by atoms with van der Waals surface area (Å²) in [6, 6.07) is 14.3. The van der Waals surface area contributed by atoms with Crippen LogP contribution in [0, 0.1) is 0 Å². The third kappa shape index (κ3) is 4.48. The van der Waals surface area contributed by atoms with Gasteiger partial charge in [-0.1, -0.05) is 48.9 Å². The lowest BCUT2D eigenvalue weighted by Crippen LogP contribution is -2.18. The molecule has 1 unspecified atom stereocenters. The molecule has 0 bridgehead atoms. The Morgan fingerprint density at radius 2 is 1.76 bits per heavy atom. The quantitative estimate of drug-likeness (QED) is 0.860. The summed E-state index contributed by atoms with van der Waals surface area (Å²) < 4.78 is 5.94. The van der Waals surface area contributed by atoms with Gasteiger partial charge in [-0.05, 0) is 43.0 Å². The van der Waals surface area contributed by atoms with Crippen molar-refractivity contribution in [3.8, 4) is 5.75 Å². The van der Waals surface area contributed by atoms with E-state index >= 15 is 0 Å². The van der Waals surface area contributed by atoms with Crippen LogP contribution in [0.25, 0.3) is 0 Å². The number of hydrogen-bond acceptors (Lipinski definition) is 2. The molecule has 0 aliphatic rings. The molecule has 112 valence electrons. The topological polar surface area (TPSA) is 35.2 Å². The van der Waals surface area contributed by atoms with Crippen LogP contribution in [-0.4, -0.2) is 6.04 Å². The van der Waals surface area contributed by atoms with Crippen LogP contribution in [0.15, 0.2) is 42.5 Å². The third-order valence-corrected chi connectivity index (χ3v) is 3.78. The fourth-order valence-electron chi connectivity index (χ4n) is 2.23. The first-order valence-corrected chi connectivity index (χ1v) is 7.71. The number of nitrogens with two attached hydrogens (primary N) is 1. The Bertz CT molecular complexity index is 578. The molecule has 0 saturated heterocycles. The fourth-order valence-corrected chi connectivity index (χ4v) is 2.47. The number of rotatable bonds is 6. The average Bonchev–Trinajstić information content (AvgIpc) is 2.48. The largest absolute Gasteiger partial charge is 0.489 e. The van der Waals surface area contributed by atoms with E-state index in [-0.39, 0.29) is 6.04 Å². The molecule has 2 N–H and O–H groups in total. The van der Waals surface area contributed by atoms with E-state index in [4.69, 9.17) is 22.1 Å². The van der Waals surface area contributed by atoms with Gasteiger partial charge in [0.05, 0.1) is 0 Å². The van der Waals surface area contributed by atoms with Gasteiger partial charge in [0.1, 0.15) is 12.4 Å². The minimum atomic E-state index is 0.0519. The molecule has 2 rings (SSSR count). The van der Waals surface area contributed by atoms with Crippen molar-refractivity contribution in [1.82, 2.24) is 0 Å². The molecule has 0 radical (unpaired) electrons. The van der Waals surface area contributed by atoms with Crippen LogP contribution in [0.1, 0.15) is 30.5 Å². The molecular weight excluding hydrogens is 282 g/mol. The maximum absolute atomic E-state index is 6.26. The standard InChI is InChI=1S/C18H22ClNO/c1-3-14-7-9-15(10-8-14)12-21-18-6-4-5-17(19)16(18)11-13(2)20/h4-10,13H,3,11-12,20H2,1-2H3. The lowest BCUT2D eigenvalue weighted by Gasteiger charge is -2.14. The molecule has 0 amide bonds. The molecule has 2 nitrogen and oxygen atoms in total. The smallest absolute Gasteiger partial charge is 0.124 e. The Morgan fingerprint density at radius 3 is 2.38 bits per heavy atom. The van der Waals surface area contributed by atoms with Gasteiger partial charge >= 0.3 is 0 Å². The Kier molecular flexibility index (Phi) is 5.66. The first kappa shape index (κ1) is 15.9. The summed E-state index contributed by atoms with van der Waals surface area (Å²) in [6.07, 6.45) is 1.76. The monoisotopic (exact) mass is 303 g/mol. The van der Waals surface area contributed by atoms with Gasteiger partial charge in [-0.2, -0.15) is 0 Å². The van der Waals surface area contributed by atoms with Gasteiger partial charge in [0.25, 0.3) is 0 Å². The minimum Gasteiger partial charge on any atom is -0.489 e. The van der Waals surface area contributed by atoms with Crippen LogP contribution in [-0.2, 0) is 19.4 Å². The summed E-state index contributed by atoms with van der Waals surface area (Å²) in [4.78, 5) is 0. The number of benzene rings is 2. The zero-order valence-electron chi connectivity index (χ0n) is 12.6. The summed E-state index contributed by atoms with van der Waals surface area (Å²) in [5.41, 5.74) is 9.36. The highest BCUT2D eigenvalue weighted by atomic mass is 35.5. The van der Waals surface area contributed by atoms with Crippen LogP contribution < -0.4 is 10.5 Å². The molecule has 0 saturated carbocycles. The van der Waals surface area contributed by atoms with E-state index in [1.165, 1.54) is 5.56 Å². The van der Waals surface area contributed by atoms with Gasteiger partial charge in [-0.25, -0.2) is 0 Å². The molecule has 0 spiro atoms. The van der Waals surface area contributed by atoms with Gasteiger partial charge in [0.2, 0.25) is 0 Å². The van der Waals surface area contributed by atoms with Crippen LogP contribution >= 0.6 is 11.6 Å². The lowest BCUT2D eigenvalue weighted by atomic mass is 10.1. The van der Waals surface area contributed by atoms with E-state index in [1.54, 1.807) is 0 Å². The Balaban J connectivity index is 2.10. The second kappa shape index (κ2) is 7.48. The normalized spacial score (nSPS) is 12.2. The molecule has 21 heavy (non-hydrogen) atoms. The van der Waals surface area contributed by atoms with E-state index in [1.807, 2.05) is 25.1 Å². The van der Waals surface area contributed by atoms with Gasteiger partial charge in [-0.15, -0.1) is 0 Å². The summed E-state index contributed by atoms with van der Waals surface area (Å²) in [7, 11) is 0. The van der Waals surface area contributed by atoms with Gasteiger partial charge in [-0.3, -0.25) is 0 Å². The first-order valence-electron chi connectivity index (χ1n) is 7.33. The highest BCUT2D eigenvalue weighted by molar-refractivity contribution is 6.31. The minimum absolute atomic E-state index is 0.0519. The maximum Gasteiger partial charge on any atom is 0.124 e. The zero-order chi connectivity index (χ0) is 15.2. The van der Waals surface area contributed by atoms with Crippen molar-refractivity contribution in [2.75, 3.05) is 0 Å². The van der Waals surface area contributed by atoms with Crippen molar-refractivity contribution in [3.05, 3.63) is 64.2 Å². The van der Waals surface area contributed by atoms with E-state index in [9.17, 15) is 0 Å². The molecule has 0 aromatic heterocycles. The Hall–Kier alpha value is -1.51. The molecule has 2 aromatic carbocycles. The number of hydrogen-bond donors (Lipinski definition) is 1. The fraction of sp³-hybridized carbons (Fsp3) is 0.333. The van der Waals surface area contributed by atoms with Crippen molar-refractivity contribution in [1.29, 1.82) is 0 Å². The van der Waals surface area contributed by atoms with E-state index in [2.05, 4.69) is 31.2 Å². The van der Waals surface area contributed by atoms with Crippen LogP contribution in [0.4, 0.5) is 0 Å². The van der Waals surface area contributed by atoms with E-state index in [0.29, 0.717) is 18.1 Å². The molecule has 0 aliphatic carbocycles. The molecule has 1 atom stereocenters. The molecule has 0 aliphatic heterocycles. The van der Waals surface area contributed by atoms with E-state index < -0.39 is 0 Å². The third-order valence-electron chi connectivity index (χ3n) is 3.43. The number of aryl methyl sites for hydroxylation is 1. The molecule has 3 heteroatoms. The van der Waals surface area contributed by atoms with Crippen LogP contribution in [0.5, 0.6) is 5.75 Å². The highest BCUT2D eigenvalue weighted by Gasteiger charge is 2.10. The Labute approximate surface area is 131 Å². The molecule has 0 heterocycles. The SMILES string of the molecule is CCc1ccc(COc2cccc(Cl)c2CC(C)N)cc1. The summed E-state index contributed by atoms with van der Waals surface area (Å²) in [6.45, 7) is 4.66. The summed E-state index contributed by atoms with van der Waals surface area (Å²) in [5.74, 6) is 0.819. The molecule has 2 aromatic rings. The summed E-state index contributed by atoms with van der Waals surface area (Å²) in [5, 5.41) is 0.714. The zero-order valence-corrected chi connectivity index (χ0v) is 13.4. The van der Waals surface area contributed by atoms with E-state index in [0.717, 1.165) is 23.3 Å². The van der Waals surface area contributed by atoms with Crippen molar-refractivity contribution in [2.45, 2.75) is 39.3 Å². The van der Waals surface area contributed by atoms with Gasteiger partial charge < -0.3 is 10.5 Å². The number of ether oxygens (including phenoxy) is 1. The molecule has 0 fully saturated rings. The first-order chi connectivity index (χ1) is 10.1. The van der Waals surface area contributed by atoms with Crippen molar-refractivity contribution >= 4 is 11.6 Å². The predicted molar refractivity (Wildman–Crippen MR) is 89.0 cm³/mol. The lowest BCUT2D eigenvalue weighted by molar-refractivity contribution is 0.302. The predicted octanol–water partition coefficient (Wildman–Crippen LogP) is 4.37. The number of halogens is 1. The maximum atomic E-state index is 6.26. The summed E-state index contributed by atoms with van der Waals surface area (Å²) >= 11 is 6.26. The second-order valence-electron chi connectivity index (χ2n) is 5.36. The van der Waals surface area contributed by atoms with Gasteiger partial charge in [0, 0.05) is 16.6 Å². The van der Waals surface area contributed by atoms with Crippen molar-refractivity contribution in [3.63, 3.8) is 0 Å². The van der Waals surface area contributed by atoms with Crippen LogP contribution in [0.3, 0.4) is 0 Å². The molecular formula is C18H22ClNO. The van der Waals surface area contributed by atoms with Gasteiger partial charge in [0.15, 0.2) is 0 Å². The van der Waals surface area contributed by atoms with Crippen LogP contribution in [0.2, 0.25) is 5.02 Å². The van der Waals surface area contributed by atoms with Crippen molar-refractivity contribution < 1.29 is 4.74 Å². The van der Waals surface area contributed by atoms with Crippen molar-refractivity contribution in [2.24, 2.45) is 5.73 Å². The highest BCUT2D eigenvalue weighted by Crippen LogP contribution is 2.28. The second-order valence-corrected chi connectivity index (χ2v) is 5.76. The average molecular weight is 304 g/mol.